The Morgan fingerprint density at radius 1 is 1.14 bits per heavy atom. The lowest BCUT2D eigenvalue weighted by Gasteiger charge is -2.10. The molecule has 0 atom stereocenters. The normalized spacial score (nSPS) is 10.2. The topological polar surface area (TPSA) is 71.9 Å². The number of hydrogen-bond donors (Lipinski definition) is 1. The van der Waals surface area contributed by atoms with E-state index in [0.717, 1.165) is 16.5 Å². The molecule has 0 amide bonds. The quantitative estimate of drug-likeness (QED) is 0.745. The summed E-state index contributed by atoms with van der Waals surface area (Å²) in [6.07, 6.45) is 1.77. The lowest BCUT2D eigenvalue weighted by atomic mass is 10.1. The molecule has 4 nitrogen and oxygen atoms in total. The zero-order chi connectivity index (χ0) is 14.7. The third-order valence-corrected chi connectivity index (χ3v) is 3.26. The van der Waals surface area contributed by atoms with Crippen molar-refractivity contribution in [2.45, 2.75) is 6.61 Å². The van der Waals surface area contributed by atoms with Crippen molar-refractivity contribution in [2.75, 3.05) is 5.73 Å². The molecule has 0 saturated heterocycles. The van der Waals surface area contributed by atoms with Crippen molar-refractivity contribution in [2.24, 2.45) is 0 Å². The summed E-state index contributed by atoms with van der Waals surface area (Å²) in [5.74, 6) is 0.579. The van der Waals surface area contributed by atoms with Crippen molar-refractivity contribution >= 4 is 16.6 Å². The van der Waals surface area contributed by atoms with Crippen molar-refractivity contribution < 1.29 is 4.74 Å². The fourth-order valence-corrected chi connectivity index (χ4v) is 2.19. The summed E-state index contributed by atoms with van der Waals surface area (Å²) in [6.45, 7) is 0.402. The van der Waals surface area contributed by atoms with Crippen LogP contribution in [0.25, 0.3) is 10.9 Å². The van der Waals surface area contributed by atoms with Gasteiger partial charge in [-0.15, -0.1) is 0 Å². The standard InChI is InChI=1S/C17H13N3O/c18-10-12-5-6-17(15(19)9-12)21-11-13-7-8-20-16-4-2-1-3-14(13)16/h1-9H,11,19H2. The SMILES string of the molecule is N#Cc1ccc(OCc2ccnc3ccccc23)c(N)c1. The highest BCUT2D eigenvalue weighted by molar-refractivity contribution is 5.81. The van der Waals surface area contributed by atoms with Gasteiger partial charge in [0.25, 0.3) is 0 Å². The number of nitrogen functional groups attached to an aromatic ring is 1. The first-order valence-electron chi connectivity index (χ1n) is 6.53. The summed E-state index contributed by atoms with van der Waals surface area (Å²) >= 11 is 0. The van der Waals surface area contributed by atoms with Crippen LogP contribution in [0, 0.1) is 11.3 Å². The number of anilines is 1. The van der Waals surface area contributed by atoms with Gasteiger partial charge in [0.15, 0.2) is 0 Å². The summed E-state index contributed by atoms with van der Waals surface area (Å²) in [5.41, 5.74) is 8.86. The van der Waals surface area contributed by atoms with Crippen LogP contribution in [0.2, 0.25) is 0 Å². The van der Waals surface area contributed by atoms with Gasteiger partial charge in [0.2, 0.25) is 0 Å². The van der Waals surface area contributed by atoms with Crippen LogP contribution in [-0.4, -0.2) is 4.98 Å². The molecule has 0 aliphatic rings. The zero-order valence-corrected chi connectivity index (χ0v) is 11.3. The maximum atomic E-state index is 8.83. The number of rotatable bonds is 3. The first-order valence-corrected chi connectivity index (χ1v) is 6.53. The highest BCUT2D eigenvalue weighted by Gasteiger charge is 2.05. The van der Waals surface area contributed by atoms with E-state index in [4.69, 9.17) is 15.7 Å². The second-order valence-electron chi connectivity index (χ2n) is 4.64. The Balaban J connectivity index is 1.86. The Morgan fingerprint density at radius 2 is 2.00 bits per heavy atom. The Labute approximate surface area is 122 Å². The molecule has 0 unspecified atom stereocenters. The smallest absolute Gasteiger partial charge is 0.142 e. The molecule has 3 aromatic rings. The van der Waals surface area contributed by atoms with Crippen LogP contribution >= 0.6 is 0 Å². The van der Waals surface area contributed by atoms with Gasteiger partial charge < -0.3 is 10.5 Å². The van der Waals surface area contributed by atoms with Crippen molar-refractivity contribution in [3.05, 3.63) is 65.9 Å². The minimum Gasteiger partial charge on any atom is -0.487 e. The summed E-state index contributed by atoms with van der Waals surface area (Å²) in [4.78, 5) is 4.32. The average Bonchev–Trinajstić information content (AvgIpc) is 2.53. The predicted molar refractivity (Wildman–Crippen MR) is 81.6 cm³/mol. The number of pyridine rings is 1. The number of nitrogens with zero attached hydrogens (tertiary/aromatic N) is 2. The molecule has 2 N–H and O–H groups in total. The van der Waals surface area contributed by atoms with Gasteiger partial charge in [0.1, 0.15) is 12.4 Å². The molecule has 0 fully saturated rings. The number of benzene rings is 2. The molecule has 0 bridgehead atoms. The van der Waals surface area contributed by atoms with Gasteiger partial charge in [-0.25, -0.2) is 0 Å². The van der Waals surface area contributed by atoms with E-state index in [1.165, 1.54) is 0 Å². The number of fused-ring (bicyclic) bond motifs is 1. The Kier molecular flexibility index (Phi) is 3.40. The predicted octanol–water partition coefficient (Wildman–Crippen LogP) is 3.27. The molecule has 102 valence electrons. The van der Waals surface area contributed by atoms with Crippen molar-refractivity contribution in [3.63, 3.8) is 0 Å². The van der Waals surface area contributed by atoms with Crippen molar-refractivity contribution in [1.82, 2.24) is 4.98 Å². The minimum absolute atomic E-state index is 0.402. The van der Waals surface area contributed by atoms with Gasteiger partial charge in [-0.05, 0) is 30.3 Å². The van der Waals surface area contributed by atoms with Crippen LogP contribution in [-0.2, 0) is 6.61 Å². The van der Waals surface area contributed by atoms with Crippen molar-refractivity contribution in [1.29, 1.82) is 5.26 Å². The van der Waals surface area contributed by atoms with Gasteiger partial charge in [0.05, 0.1) is 22.8 Å². The second-order valence-corrected chi connectivity index (χ2v) is 4.64. The fourth-order valence-electron chi connectivity index (χ4n) is 2.19. The Hall–Kier alpha value is -3.06. The fraction of sp³-hybridized carbons (Fsp3) is 0.0588. The zero-order valence-electron chi connectivity index (χ0n) is 11.3. The van der Waals surface area contributed by atoms with Crippen LogP contribution < -0.4 is 10.5 Å². The minimum atomic E-state index is 0.402. The van der Waals surface area contributed by atoms with Crippen LogP contribution in [0.4, 0.5) is 5.69 Å². The van der Waals surface area contributed by atoms with Gasteiger partial charge in [-0.1, -0.05) is 18.2 Å². The number of hydrogen-bond acceptors (Lipinski definition) is 4. The van der Waals surface area contributed by atoms with Crippen LogP contribution in [0.1, 0.15) is 11.1 Å². The van der Waals surface area contributed by atoms with E-state index in [-0.39, 0.29) is 0 Å². The molecule has 4 heteroatoms. The highest BCUT2D eigenvalue weighted by Crippen LogP contribution is 2.24. The molecule has 0 spiro atoms. The van der Waals surface area contributed by atoms with E-state index in [0.29, 0.717) is 23.6 Å². The van der Waals surface area contributed by atoms with Crippen LogP contribution in [0.5, 0.6) is 5.75 Å². The van der Waals surface area contributed by atoms with E-state index in [1.807, 2.05) is 36.4 Å². The average molecular weight is 275 g/mol. The molecular weight excluding hydrogens is 262 g/mol. The van der Waals surface area contributed by atoms with Gasteiger partial charge in [-0.2, -0.15) is 5.26 Å². The largest absolute Gasteiger partial charge is 0.487 e. The maximum Gasteiger partial charge on any atom is 0.142 e. The van der Waals surface area contributed by atoms with Gasteiger partial charge >= 0.3 is 0 Å². The molecule has 0 aliphatic heterocycles. The summed E-state index contributed by atoms with van der Waals surface area (Å²) in [6, 6.07) is 16.9. The summed E-state index contributed by atoms with van der Waals surface area (Å²) in [5, 5.41) is 9.89. The summed E-state index contributed by atoms with van der Waals surface area (Å²) in [7, 11) is 0. The number of ether oxygens (including phenoxy) is 1. The molecule has 0 radical (unpaired) electrons. The maximum absolute atomic E-state index is 8.83. The van der Waals surface area contributed by atoms with E-state index >= 15 is 0 Å². The molecule has 2 aromatic carbocycles. The van der Waals surface area contributed by atoms with Gasteiger partial charge in [-0.3, -0.25) is 4.98 Å². The number of aromatic nitrogens is 1. The molecule has 1 heterocycles. The third kappa shape index (κ3) is 2.63. The molecule has 0 aliphatic carbocycles. The first kappa shape index (κ1) is 12.9. The number of para-hydroxylation sites is 1. The molecule has 1 aromatic heterocycles. The number of nitriles is 1. The van der Waals surface area contributed by atoms with Crippen LogP contribution in [0.15, 0.2) is 54.7 Å². The van der Waals surface area contributed by atoms with Crippen molar-refractivity contribution in [3.8, 4) is 11.8 Å². The summed E-state index contributed by atoms with van der Waals surface area (Å²) < 4.78 is 5.77. The highest BCUT2D eigenvalue weighted by atomic mass is 16.5. The molecule has 21 heavy (non-hydrogen) atoms. The molecular formula is C17H13N3O. The van der Waals surface area contributed by atoms with E-state index in [2.05, 4.69) is 4.98 Å². The third-order valence-electron chi connectivity index (χ3n) is 3.26. The van der Waals surface area contributed by atoms with Gasteiger partial charge in [0, 0.05) is 17.1 Å². The first-order chi connectivity index (χ1) is 10.3. The molecule has 0 saturated carbocycles. The van der Waals surface area contributed by atoms with E-state index in [9.17, 15) is 0 Å². The lowest BCUT2D eigenvalue weighted by molar-refractivity contribution is 0.309. The van der Waals surface area contributed by atoms with Crippen LogP contribution in [0.3, 0.4) is 0 Å². The molecule has 3 rings (SSSR count). The lowest BCUT2D eigenvalue weighted by Crippen LogP contribution is -2.00. The Morgan fingerprint density at radius 3 is 2.81 bits per heavy atom. The van der Waals surface area contributed by atoms with E-state index in [1.54, 1.807) is 24.4 Å². The second kappa shape index (κ2) is 5.51. The monoisotopic (exact) mass is 275 g/mol. The van der Waals surface area contributed by atoms with E-state index < -0.39 is 0 Å². The number of nitrogens with two attached hydrogens (primary N) is 1. The Bertz CT molecular complexity index is 832.